The van der Waals surface area contributed by atoms with Crippen LogP contribution in [-0.4, -0.2) is 19.5 Å². The largest absolute Gasteiger partial charge is 0.497 e. The molecule has 0 radical (unpaired) electrons. The van der Waals surface area contributed by atoms with E-state index in [1.54, 1.807) is 7.11 Å². The molecule has 0 heterocycles. The zero-order valence-corrected chi connectivity index (χ0v) is 12.0. The number of hydrogen-bond acceptors (Lipinski definition) is 3. The third kappa shape index (κ3) is 4.21. The molecule has 0 aliphatic rings. The molecule has 0 saturated heterocycles. The van der Waals surface area contributed by atoms with Crippen molar-refractivity contribution in [3.63, 3.8) is 0 Å². The summed E-state index contributed by atoms with van der Waals surface area (Å²) in [6, 6.07) is 15.7. The first-order valence-corrected chi connectivity index (χ1v) is 6.75. The summed E-state index contributed by atoms with van der Waals surface area (Å²) in [5.74, 6) is 1.58. The number of ketones is 1. The lowest BCUT2D eigenvalue weighted by molar-refractivity contribution is -0.115. The molecule has 0 atom stereocenters. The third-order valence-corrected chi connectivity index (χ3v) is 3.12. The molecule has 0 aliphatic carbocycles. The molecule has 0 spiro atoms. The van der Waals surface area contributed by atoms with E-state index in [0.717, 1.165) is 22.6 Å². The predicted molar refractivity (Wildman–Crippen MR) is 83.7 cm³/mol. The number of rotatable bonds is 7. The molecule has 0 fully saturated rings. The summed E-state index contributed by atoms with van der Waals surface area (Å²) in [6.45, 7) is 3.80. The van der Waals surface area contributed by atoms with E-state index in [1.165, 1.54) is 6.08 Å². The Balaban J connectivity index is 1.97. The lowest BCUT2D eigenvalue weighted by atomic mass is 10.1. The van der Waals surface area contributed by atoms with Crippen molar-refractivity contribution >= 4 is 5.78 Å². The van der Waals surface area contributed by atoms with Crippen LogP contribution in [0.15, 0.2) is 61.2 Å². The van der Waals surface area contributed by atoms with Gasteiger partial charge in [0, 0.05) is 6.42 Å². The summed E-state index contributed by atoms with van der Waals surface area (Å²) in [6.07, 6.45) is 1.67. The number of benzene rings is 2. The molecule has 0 aliphatic heterocycles. The first-order chi connectivity index (χ1) is 10.2. The third-order valence-electron chi connectivity index (χ3n) is 3.12. The normalized spacial score (nSPS) is 9.95. The zero-order chi connectivity index (χ0) is 15.1. The topological polar surface area (TPSA) is 35.5 Å². The van der Waals surface area contributed by atoms with E-state index >= 15 is 0 Å². The van der Waals surface area contributed by atoms with Gasteiger partial charge in [0.25, 0.3) is 0 Å². The Hall–Kier alpha value is -2.55. The van der Waals surface area contributed by atoms with Crippen LogP contribution in [0, 0.1) is 0 Å². The van der Waals surface area contributed by atoms with E-state index in [0.29, 0.717) is 13.0 Å². The van der Waals surface area contributed by atoms with Crippen LogP contribution in [0.3, 0.4) is 0 Å². The molecule has 2 aromatic carbocycles. The maximum atomic E-state index is 11.1. The Morgan fingerprint density at radius 1 is 1.00 bits per heavy atom. The van der Waals surface area contributed by atoms with Crippen LogP contribution < -0.4 is 9.47 Å². The van der Waals surface area contributed by atoms with E-state index in [4.69, 9.17) is 9.47 Å². The van der Waals surface area contributed by atoms with E-state index in [2.05, 4.69) is 6.58 Å². The van der Waals surface area contributed by atoms with Crippen LogP contribution in [0.1, 0.15) is 6.42 Å². The Morgan fingerprint density at radius 3 is 2.00 bits per heavy atom. The van der Waals surface area contributed by atoms with Crippen molar-refractivity contribution in [2.24, 2.45) is 0 Å². The van der Waals surface area contributed by atoms with E-state index in [9.17, 15) is 4.79 Å². The zero-order valence-electron chi connectivity index (χ0n) is 12.0. The average molecular weight is 282 g/mol. The highest BCUT2D eigenvalue weighted by atomic mass is 16.5. The Labute approximate surface area is 124 Å². The molecule has 3 nitrogen and oxygen atoms in total. The standard InChI is InChI=1S/C18H18O3/c1-3-16(19)12-13-21-18-10-6-15(7-11-18)14-4-8-17(20-2)9-5-14/h3-11H,1,12-13H2,2H3. The summed E-state index contributed by atoms with van der Waals surface area (Å²) in [5, 5.41) is 0. The fraction of sp³-hybridized carbons (Fsp3) is 0.167. The van der Waals surface area contributed by atoms with Crippen LogP contribution in [0.25, 0.3) is 11.1 Å². The molecule has 2 aromatic rings. The second-order valence-corrected chi connectivity index (χ2v) is 4.52. The molecule has 0 saturated carbocycles. The van der Waals surface area contributed by atoms with Crippen molar-refractivity contribution in [2.45, 2.75) is 6.42 Å². The van der Waals surface area contributed by atoms with Crippen molar-refractivity contribution < 1.29 is 14.3 Å². The molecule has 0 amide bonds. The molecule has 108 valence electrons. The molecule has 0 unspecified atom stereocenters. The second-order valence-electron chi connectivity index (χ2n) is 4.52. The summed E-state index contributed by atoms with van der Waals surface area (Å²) in [4.78, 5) is 11.1. The van der Waals surface area contributed by atoms with Gasteiger partial charge >= 0.3 is 0 Å². The first-order valence-electron chi connectivity index (χ1n) is 6.75. The van der Waals surface area contributed by atoms with Gasteiger partial charge in [0.1, 0.15) is 11.5 Å². The monoisotopic (exact) mass is 282 g/mol. The van der Waals surface area contributed by atoms with Gasteiger partial charge in [-0.15, -0.1) is 0 Å². The Kier molecular flexibility index (Phi) is 5.16. The van der Waals surface area contributed by atoms with E-state index in [-0.39, 0.29) is 5.78 Å². The van der Waals surface area contributed by atoms with Gasteiger partial charge in [-0.05, 0) is 41.5 Å². The van der Waals surface area contributed by atoms with Gasteiger partial charge < -0.3 is 9.47 Å². The molecule has 3 heteroatoms. The van der Waals surface area contributed by atoms with Crippen molar-refractivity contribution in [3.05, 3.63) is 61.2 Å². The van der Waals surface area contributed by atoms with Gasteiger partial charge in [-0.3, -0.25) is 4.79 Å². The molecular weight excluding hydrogens is 264 g/mol. The second kappa shape index (κ2) is 7.29. The highest BCUT2D eigenvalue weighted by Crippen LogP contribution is 2.24. The van der Waals surface area contributed by atoms with Gasteiger partial charge in [0.05, 0.1) is 13.7 Å². The SMILES string of the molecule is C=CC(=O)CCOc1ccc(-c2ccc(OC)cc2)cc1. The van der Waals surface area contributed by atoms with Crippen LogP contribution in [0.2, 0.25) is 0 Å². The van der Waals surface area contributed by atoms with Gasteiger partial charge in [-0.2, -0.15) is 0 Å². The molecule has 0 bridgehead atoms. The fourth-order valence-corrected chi connectivity index (χ4v) is 1.90. The summed E-state index contributed by atoms with van der Waals surface area (Å²) in [5.41, 5.74) is 2.22. The first kappa shape index (κ1) is 14.9. The summed E-state index contributed by atoms with van der Waals surface area (Å²) >= 11 is 0. The predicted octanol–water partition coefficient (Wildman–Crippen LogP) is 3.89. The van der Waals surface area contributed by atoms with Gasteiger partial charge in [0.2, 0.25) is 0 Å². The minimum absolute atomic E-state index is 0.00940. The van der Waals surface area contributed by atoms with Gasteiger partial charge in [0.15, 0.2) is 5.78 Å². The van der Waals surface area contributed by atoms with Crippen LogP contribution in [0.4, 0.5) is 0 Å². The molecule has 2 rings (SSSR count). The van der Waals surface area contributed by atoms with Crippen molar-refractivity contribution in [1.29, 1.82) is 0 Å². The number of hydrogen-bond donors (Lipinski definition) is 0. The minimum atomic E-state index is -0.00940. The molecule has 0 aromatic heterocycles. The lowest BCUT2D eigenvalue weighted by Gasteiger charge is -2.07. The van der Waals surface area contributed by atoms with Crippen molar-refractivity contribution in [3.8, 4) is 22.6 Å². The Morgan fingerprint density at radius 2 is 1.52 bits per heavy atom. The molecule has 0 N–H and O–H groups in total. The minimum Gasteiger partial charge on any atom is -0.497 e. The highest BCUT2D eigenvalue weighted by molar-refractivity contribution is 5.89. The number of allylic oxidation sites excluding steroid dienone is 1. The molecule has 21 heavy (non-hydrogen) atoms. The summed E-state index contributed by atoms with van der Waals surface area (Å²) < 4.78 is 10.7. The number of carbonyl (C=O) groups excluding carboxylic acids is 1. The quantitative estimate of drug-likeness (QED) is 0.723. The fourth-order valence-electron chi connectivity index (χ4n) is 1.90. The maximum absolute atomic E-state index is 11.1. The molecular formula is C18H18O3. The maximum Gasteiger partial charge on any atom is 0.158 e. The van der Waals surface area contributed by atoms with Crippen molar-refractivity contribution in [2.75, 3.05) is 13.7 Å². The lowest BCUT2D eigenvalue weighted by Crippen LogP contribution is -2.03. The van der Waals surface area contributed by atoms with E-state index < -0.39 is 0 Å². The highest BCUT2D eigenvalue weighted by Gasteiger charge is 2.01. The number of carbonyl (C=O) groups is 1. The number of methoxy groups -OCH3 is 1. The number of ether oxygens (including phenoxy) is 2. The van der Waals surface area contributed by atoms with Gasteiger partial charge in [-0.1, -0.05) is 30.8 Å². The van der Waals surface area contributed by atoms with E-state index in [1.807, 2.05) is 48.5 Å². The average Bonchev–Trinajstić information content (AvgIpc) is 2.55. The van der Waals surface area contributed by atoms with Crippen LogP contribution >= 0.6 is 0 Å². The van der Waals surface area contributed by atoms with Crippen LogP contribution in [0.5, 0.6) is 11.5 Å². The Bertz CT molecular complexity index is 597. The van der Waals surface area contributed by atoms with Crippen LogP contribution in [-0.2, 0) is 4.79 Å². The smallest absolute Gasteiger partial charge is 0.158 e. The van der Waals surface area contributed by atoms with Crippen molar-refractivity contribution in [1.82, 2.24) is 0 Å². The van der Waals surface area contributed by atoms with Gasteiger partial charge in [-0.25, -0.2) is 0 Å². The summed E-state index contributed by atoms with van der Waals surface area (Å²) in [7, 11) is 1.65.